The standard InChI is InChI=1S/C26H23ClN2O6S/c1-36(31,32)17-8-6-15(7-9-17)14-2-4-16(5-3-14)18-10-20-21(11-19(18)27)29-26(28-20)35-23-13-34-24-22(30)12-33-25(23)24/h2-11,22-25,30H,12-13H2,1H3,(H,28,29)/t22-,23+,24+,25+/m1/s1. The van der Waals surface area contributed by atoms with Gasteiger partial charge in [-0.1, -0.05) is 48.0 Å². The minimum absolute atomic E-state index is 0.235. The van der Waals surface area contributed by atoms with Crippen molar-refractivity contribution in [3.8, 4) is 28.3 Å². The van der Waals surface area contributed by atoms with E-state index in [2.05, 4.69) is 9.97 Å². The van der Waals surface area contributed by atoms with E-state index in [9.17, 15) is 13.5 Å². The maximum Gasteiger partial charge on any atom is 0.295 e. The first-order chi connectivity index (χ1) is 17.3. The SMILES string of the molecule is CS(=O)(=O)c1ccc(-c2ccc(-c3cc4nc(O[C@H]5CO[C@@H]6[C@H]5OC[C@H]6O)[nH]c4cc3Cl)cc2)cc1. The van der Waals surface area contributed by atoms with E-state index < -0.39 is 15.9 Å². The first-order valence-corrected chi connectivity index (χ1v) is 13.7. The number of aromatic nitrogens is 2. The van der Waals surface area contributed by atoms with Crippen molar-refractivity contribution in [1.82, 2.24) is 9.97 Å². The molecule has 36 heavy (non-hydrogen) atoms. The minimum atomic E-state index is -3.23. The van der Waals surface area contributed by atoms with E-state index in [-0.39, 0.29) is 24.9 Å². The second-order valence-electron chi connectivity index (χ2n) is 9.08. The van der Waals surface area contributed by atoms with Gasteiger partial charge in [-0.05, 0) is 41.0 Å². The van der Waals surface area contributed by atoms with Crippen molar-refractivity contribution in [2.75, 3.05) is 19.5 Å². The van der Waals surface area contributed by atoms with E-state index in [0.717, 1.165) is 27.8 Å². The lowest BCUT2D eigenvalue weighted by atomic mass is 10.00. The van der Waals surface area contributed by atoms with Gasteiger partial charge in [0, 0.05) is 11.8 Å². The van der Waals surface area contributed by atoms with Gasteiger partial charge in [0.1, 0.15) is 18.3 Å². The van der Waals surface area contributed by atoms with E-state index in [1.165, 1.54) is 6.26 Å². The van der Waals surface area contributed by atoms with Crippen LogP contribution in [0.1, 0.15) is 0 Å². The van der Waals surface area contributed by atoms with Gasteiger partial charge in [0.2, 0.25) is 0 Å². The molecule has 2 saturated heterocycles. The van der Waals surface area contributed by atoms with Crippen molar-refractivity contribution in [1.29, 1.82) is 0 Å². The highest BCUT2D eigenvalue weighted by molar-refractivity contribution is 7.90. The average molecular weight is 527 g/mol. The summed E-state index contributed by atoms with van der Waals surface area (Å²) < 4.78 is 40.6. The van der Waals surface area contributed by atoms with Gasteiger partial charge in [0.05, 0.1) is 34.2 Å². The lowest BCUT2D eigenvalue weighted by molar-refractivity contribution is 0.00706. The molecule has 0 aliphatic carbocycles. The molecule has 0 radical (unpaired) electrons. The molecule has 0 amide bonds. The summed E-state index contributed by atoms with van der Waals surface area (Å²) in [5.74, 6) is 0. The van der Waals surface area contributed by atoms with Gasteiger partial charge in [-0.15, -0.1) is 0 Å². The van der Waals surface area contributed by atoms with E-state index in [4.69, 9.17) is 25.8 Å². The maximum absolute atomic E-state index is 11.7. The Labute approximate surface area is 212 Å². The van der Waals surface area contributed by atoms with Crippen LogP contribution in [0.2, 0.25) is 5.02 Å². The maximum atomic E-state index is 11.7. The number of sulfone groups is 1. The Morgan fingerprint density at radius 3 is 2.31 bits per heavy atom. The van der Waals surface area contributed by atoms with E-state index in [1.54, 1.807) is 24.3 Å². The highest BCUT2D eigenvalue weighted by Crippen LogP contribution is 2.35. The Balaban J connectivity index is 1.23. The molecule has 8 nitrogen and oxygen atoms in total. The van der Waals surface area contributed by atoms with Gasteiger partial charge < -0.3 is 24.3 Å². The molecular formula is C26H23ClN2O6S. The zero-order valence-corrected chi connectivity index (χ0v) is 20.8. The van der Waals surface area contributed by atoms with Gasteiger partial charge in [-0.25, -0.2) is 8.42 Å². The number of aliphatic hydroxyl groups excluding tert-OH is 1. The van der Waals surface area contributed by atoms with Crippen LogP contribution >= 0.6 is 11.6 Å². The van der Waals surface area contributed by atoms with E-state index in [1.807, 2.05) is 36.4 Å². The highest BCUT2D eigenvalue weighted by Gasteiger charge is 2.48. The van der Waals surface area contributed by atoms with Crippen LogP contribution in [-0.2, 0) is 19.3 Å². The predicted molar refractivity (Wildman–Crippen MR) is 135 cm³/mol. The Morgan fingerprint density at radius 1 is 0.972 bits per heavy atom. The summed E-state index contributed by atoms with van der Waals surface area (Å²) in [6.07, 6.45) is -0.505. The number of aromatic amines is 1. The van der Waals surface area contributed by atoms with Crippen molar-refractivity contribution >= 4 is 32.5 Å². The molecular weight excluding hydrogens is 504 g/mol. The molecule has 4 atom stereocenters. The topological polar surface area (TPSA) is 111 Å². The molecule has 0 unspecified atom stereocenters. The van der Waals surface area contributed by atoms with Crippen molar-refractivity contribution < 1.29 is 27.7 Å². The molecule has 2 fully saturated rings. The molecule has 0 spiro atoms. The molecule has 3 aromatic carbocycles. The van der Waals surface area contributed by atoms with Gasteiger partial charge >= 0.3 is 0 Å². The van der Waals surface area contributed by atoms with Crippen LogP contribution in [0.25, 0.3) is 33.3 Å². The number of nitrogens with one attached hydrogen (secondary N) is 1. The van der Waals surface area contributed by atoms with Crippen molar-refractivity contribution in [3.63, 3.8) is 0 Å². The first-order valence-electron chi connectivity index (χ1n) is 11.4. The Kier molecular flexibility index (Phi) is 5.77. The predicted octanol–water partition coefficient (Wildman–Crippen LogP) is 3.86. The number of halogens is 1. The van der Waals surface area contributed by atoms with Crippen LogP contribution in [0.4, 0.5) is 0 Å². The first kappa shape index (κ1) is 23.4. The quantitative estimate of drug-likeness (QED) is 0.406. The van der Waals surface area contributed by atoms with Gasteiger partial charge in [-0.3, -0.25) is 0 Å². The lowest BCUT2D eigenvalue weighted by Crippen LogP contribution is -2.34. The summed E-state index contributed by atoms with van der Waals surface area (Å²) in [7, 11) is -3.23. The summed E-state index contributed by atoms with van der Waals surface area (Å²) in [5, 5.41) is 10.5. The van der Waals surface area contributed by atoms with Crippen molar-refractivity contribution in [3.05, 3.63) is 65.7 Å². The number of benzene rings is 3. The fourth-order valence-electron chi connectivity index (χ4n) is 4.71. The van der Waals surface area contributed by atoms with Gasteiger partial charge in [-0.2, -0.15) is 4.98 Å². The fraction of sp³-hybridized carbons (Fsp3) is 0.269. The third kappa shape index (κ3) is 4.27. The number of H-pyrrole nitrogens is 1. The van der Waals surface area contributed by atoms with Crippen LogP contribution < -0.4 is 4.74 Å². The van der Waals surface area contributed by atoms with Gasteiger partial charge in [0.25, 0.3) is 6.01 Å². The summed E-state index contributed by atoms with van der Waals surface area (Å²) in [6, 6.07) is 18.7. The number of imidazole rings is 1. The Morgan fingerprint density at radius 2 is 1.61 bits per heavy atom. The molecule has 0 saturated carbocycles. The summed E-state index contributed by atoms with van der Waals surface area (Å²) in [5.41, 5.74) is 5.07. The van der Waals surface area contributed by atoms with E-state index in [0.29, 0.717) is 28.1 Å². The largest absolute Gasteiger partial charge is 0.456 e. The Hall–Kier alpha value is -2.95. The third-order valence-corrected chi connectivity index (χ3v) is 8.05. The minimum Gasteiger partial charge on any atom is -0.456 e. The molecule has 1 aromatic heterocycles. The number of nitrogens with zero attached hydrogens (tertiary/aromatic N) is 1. The zero-order valence-electron chi connectivity index (χ0n) is 19.2. The van der Waals surface area contributed by atoms with Crippen LogP contribution in [0, 0.1) is 0 Å². The fourth-order valence-corrected chi connectivity index (χ4v) is 5.61. The average Bonchev–Trinajstić information content (AvgIpc) is 3.55. The molecule has 3 heterocycles. The van der Waals surface area contributed by atoms with Crippen molar-refractivity contribution in [2.24, 2.45) is 0 Å². The molecule has 2 N–H and O–H groups in total. The summed E-state index contributed by atoms with van der Waals surface area (Å²) >= 11 is 6.61. The van der Waals surface area contributed by atoms with Crippen LogP contribution in [-0.4, -0.2) is 67.4 Å². The zero-order chi connectivity index (χ0) is 25.0. The number of hydrogen-bond donors (Lipinski definition) is 2. The monoisotopic (exact) mass is 526 g/mol. The number of ether oxygens (including phenoxy) is 3. The second kappa shape index (κ2) is 8.86. The summed E-state index contributed by atoms with van der Waals surface area (Å²) in [6.45, 7) is 0.553. The highest BCUT2D eigenvalue weighted by atomic mass is 35.5. The number of fused-ring (bicyclic) bond motifs is 2. The number of hydrogen-bond acceptors (Lipinski definition) is 7. The molecule has 10 heteroatoms. The molecule has 2 aliphatic heterocycles. The molecule has 0 bridgehead atoms. The second-order valence-corrected chi connectivity index (χ2v) is 11.5. The number of rotatable bonds is 5. The van der Waals surface area contributed by atoms with Crippen LogP contribution in [0.15, 0.2) is 65.6 Å². The molecule has 4 aromatic rings. The van der Waals surface area contributed by atoms with Crippen LogP contribution in [0.5, 0.6) is 6.01 Å². The van der Waals surface area contributed by atoms with Gasteiger partial charge in [0.15, 0.2) is 15.9 Å². The molecule has 186 valence electrons. The number of aliphatic hydroxyl groups is 1. The smallest absolute Gasteiger partial charge is 0.295 e. The lowest BCUT2D eigenvalue weighted by Gasteiger charge is -2.15. The van der Waals surface area contributed by atoms with Crippen LogP contribution in [0.3, 0.4) is 0 Å². The van der Waals surface area contributed by atoms with E-state index >= 15 is 0 Å². The molecule has 6 rings (SSSR count). The van der Waals surface area contributed by atoms with Crippen molar-refractivity contribution in [2.45, 2.75) is 29.3 Å². The Bertz CT molecular complexity index is 1540. The normalized spacial score (nSPS) is 23.8. The summed E-state index contributed by atoms with van der Waals surface area (Å²) in [4.78, 5) is 8.01. The molecule has 2 aliphatic rings. The third-order valence-electron chi connectivity index (χ3n) is 6.61.